The van der Waals surface area contributed by atoms with Gasteiger partial charge < -0.3 is 20.1 Å². The Labute approximate surface area is 174 Å². The highest BCUT2D eigenvalue weighted by molar-refractivity contribution is 6.10. The lowest BCUT2D eigenvalue weighted by atomic mass is 9.92. The normalized spacial score (nSPS) is 19.8. The molecule has 4 rings (SSSR count). The Morgan fingerprint density at radius 1 is 1.10 bits per heavy atom. The van der Waals surface area contributed by atoms with Gasteiger partial charge in [-0.3, -0.25) is 14.5 Å². The fourth-order valence-electron chi connectivity index (χ4n) is 3.63. The van der Waals surface area contributed by atoms with Crippen LogP contribution in [-0.2, 0) is 16.0 Å². The van der Waals surface area contributed by atoms with Gasteiger partial charge in [-0.15, -0.1) is 0 Å². The fourth-order valence-corrected chi connectivity index (χ4v) is 3.63. The largest absolute Gasteiger partial charge is 0.454 e. The van der Waals surface area contributed by atoms with Crippen molar-refractivity contribution in [3.8, 4) is 11.5 Å². The number of aryl methyl sites for hydroxylation is 2. The number of ether oxygens (including phenoxy) is 2. The maximum Gasteiger partial charge on any atom is 0.325 e. The predicted molar refractivity (Wildman–Crippen MR) is 109 cm³/mol. The lowest BCUT2D eigenvalue weighted by Crippen LogP contribution is -2.46. The molecule has 8 nitrogen and oxygen atoms in total. The van der Waals surface area contributed by atoms with E-state index in [0.717, 1.165) is 21.6 Å². The van der Waals surface area contributed by atoms with Crippen LogP contribution >= 0.6 is 0 Å². The Bertz CT molecular complexity index is 1050. The first-order chi connectivity index (χ1) is 14.2. The predicted octanol–water partition coefficient (Wildman–Crippen LogP) is 2.52. The summed E-state index contributed by atoms with van der Waals surface area (Å²) in [6, 6.07) is 10.4. The van der Waals surface area contributed by atoms with E-state index >= 15 is 0 Å². The third-order valence-corrected chi connectivity index (χ3v) is 5.43. The standard InChI is InChI=1S/C22H23N3O5/c1-13-4-6-16(8-14(13)2)23-19(26)11-25-20(27)22(3,24-21(25)28)10-15-5-7-17-18(9-15)30-12-29-17/h4-9H,10-12H2,1-3H3,(H,23,26)(H,24,28)/t22-/m1/s1. The molecule has 0 aromatic heterocycles. The lowest BCUT2D eigenvalue weighted by Gasteiger charge is -2.22. The molecule has 0 radical (unpaired) electrons. The third kappa shape index (κ3) is 3.68. The van der Waals surface area contributed by atoms with Gasteiger partial charge in [0.2, 0.25) is 12.7 Å². The summed E-state index contributed by atoms with van der Waals surface area (Å²) in [7, 11) is 0. The molecule has 8 heteroatoms. The van der Waals surface area contributed by atoms with E-state index in [1.807, 2.05) is 32.0 Å². The molecule has 0 spiro atoms. The Hall–Kier alpha value is -3.55. The molecule has 2 N–H and O–H groups in total. The first-order valence-corrected chi connectivity index (χ1v) is 9.65. The number of hydrogen-bond donors (Lipinski definition) is 2. The summed E-state index contributed by atoms with van der Waals surface area (Å²) < 4.78 is 10.7. The average molecular weight is 409 g/mol. The monoisotopic (exact) mass is 409 g/mol. The quantitative estimate of drug-likeness (QED) is 0.740. The van der Waals surface area contributed by atoms with E-state index in [1.54, 1.807) is 25.1 Å². The van der Waals surface area contributed by atoms with Gasteiger partial charge in [-0.2, -0.15) is 0 Å². The van der Waals surface area contributed by atoms with Crippen molar-refractivity contribution in [2.24, 2.45) is 0 Å². The van der Waals surface area contributed by atoms with Gasteiger partial charge in [0.1, 0.15) is 12.1 Å². The summed E-state index contributed by atoms with van der Waals surface area (Å²) in [5.74, 6) is 0.377. The minimum Gasteiger partial charge on any atom is -0.454 e. The molecule has 2 aromatic rings. The van der Waals surface area contributed by atoms with Crippen LogP contribution in [0.2, 0.25) is 0 Å². The SMILES string of the molecule is Cc1ccc(NC(=O)CN2C(=O)N[C@](C)(Cc3ccc4c(c3)OCO4)C2=O)cc1C. The zero-order valence-corrected chi connectivity index (χ0v) is 17.1. The van der Waals surface area contributed by atoms with Gasteiger partial charge in [-0.1, -0.05) is 12.1 Å². The summed E-state index contributed by atoms with van der Waals surface area (Å²) in [5, 5.41) is 5.46. The maximum atomic E-state index is 13.0. The maximum absolute atomic E-state index is 13.0. The molecule has 1 saturated heterocycles. The van der Waals surface area contributed by atoms with Gasteiger partial charge >= 0.3 is 6.03 Å². The summed E-state index contributed by atoms with van der Waals surface area (Å²) in [4.78, 5) is 38.8. The molecule has 156 valence electrons. The van der Waals surface area contributed by atoms with E-state index in [4.69, 9.17) is 9.47 Å². The molecule has 30 heavy (non-hydrogen) atoms. The van der Waals surface area contributed by atoms with Crippen LogP contribution in [0.1, 0.15) is 23.6 Å². The molecule has 2 aliphatic heterocycles. The molecule has 0 aliphatic carbocycles. The number of amides is 4. The van der Waals surface area contributed by atoms with Gasteiger partial charge in [0.15, 0.2) is 11.5 Å². The van der Waals surface area contributed by atoms with Crippen molar-refractivity contribution in [3.63, 3.8) is 0 Å². The summed E-state index contributed by atoms with van der Waals surface area (Å²) in [5.41, 5.74) is 2.45. The van der Waals surface area contributed by atoms with E-state index in [1.165, 1.54) is 0 Å². The topological polar surface area (TPSA) is 97.0 Å². The van der Waals surface area contributed by atoms with Gasteiger partial charge in [-0.05, 0) is 61.7 Å². The molecular weight excluding hydrogens is 386 g/mol. The van der Waals surface area contributed by atoms with E-state index in [2.05, 4.69) is 10.6 Å². The number of nitrogens with one attached hydrogen (secondary N) is 2. The third-order valence-electron chi connectivity index (χ3n) is 5.43. The lowest BCUT2D eigenvalue weighted by molar-refractivity contribution is -0.133. The van der Waals surface area contributed by atoms with Gasteiger partial charge in [0.05, 0.1) is 0 Å². The summed E-state index contributed by atoms with van der Waals surface area (Å²) in [6.07, 6.45) is 0.267. The van der Waals surface area contributed by atoms with Crippen LogP contribution in [-0.4, -0.2) is 41.6 Å². The number of benzene rings is 2. The highest BCUT2D eigenvalue weighted by Gasteiger charge is 2.48. The van der Waals surface area contributed by atoms with Crippen molar-refractivity contribution in [1.29, 1.82) is 0 Å². The molecule has 2 heterocycles. The Morgan fingerprint density at radius 2 is 1.87 bits per heavy atom. The molecule has 0 unspecified atom stereocenters. The first kappa shape index (κ1) is 19.8. The highest BCUT2D eigenvalue weighted by Crippen LogP contribution is 2.34. The molecular formula is C22H23N3O5. The number of anilines is 1. The zero-order valence-electron chi connectivity index (χ0n) is 17.1. The van der Waals surface area contributed by atoms with Gasteiger partial charge in [0.25, 0.3) is 5.91 Å². The Kier molecular flexibility index (Phi) is 4.85. The van der Waals surface area contributed by atoms with Crippen molar-refractivity contribution in [1.82, 2.24) is 10.2 Å². The number of imide groups is 1. The van der Waals surface area contributed by atoms with Crippen molar-refractivity contribution < 1.29 is 23.9 Å². The van der Waals surface area contributed by atoms with Crippen LogP contribution in [0, 0.1) is 13.8 Å². The summed E-state index contributed by atoms with van der Waals surface area (Å²) >= 11 is 0. The average Bonchev–Trinajstić information content (AvgIpc) is 3.23. The Balaban J connectivity index is 1.43. The number of rotatable bonds is 5. The number of carbonyl (C=O) groups is 3. The second kappa shape index (κ2) is 7.37. The van der Waals surface area contributed by atoms with E-state index < -0.39 is 23.4 Å². The molecule has 0 saturated carbocycles. The minimum atomic E-state index is -1.15. The van der Waals surface area contributed by atoms with E-state index in [0.29, 0.717) is 17.2 Å². The highest BCUT2D eigenvalue weighted by atomic mass is 16.7. The van der Waals surface area contributed by atoms with Crippen molar-refractivity contribution in [3.05, 3.63) is 53.1 Å². The van der Waals surface area contributed by atoms with Crippen LogP contribution in [0.15, 0.2) is 36.4 Å². The van der Waals surface area contributed by atoms with Crippen LogP contribution < -0.4 is 20.1 Å². The fraction of sp³-hybridized carbons (Fsp3) is 0.318. The molecule has 2 aliphatic rings. The smallest absolute Gasteiger partial charge is 0.325 e. The van der Waals surface area contributed by atoms with Crippen molar-refractivity contribution in [2.75, 3.05) is 18.7 Å². The van der Waals surface area contributed by atoms with Gasteiger partial charge in [0, 0.05) is 12.1 Å². The van der Waals surface area contributed by atoms with Crippen LogP contribution in [0.25, 0.3) is 0 Å². The van der Waals surface area contributed by atoms with E-state index in [9.17, 15) is 14.4 Å². The van der Waals surface area contributed by atoms with Crippen LogP contribution in [0.5, 0.6) is 11.5 Å². The number of nitrogens with zero attached hydrogens (tertiary/aromatic N) is 1. The van der Waals surface area contributed by atoms with Crippen LogP contribution in [0.3, 0.4) is 0 Å². The number of carbonyl (C=O) groups excluding carboxylic acids is 3. The zero-order chi connectivity index (χ0) is 21.5. The Morgan fingerprint density at radius 3 is 2.63 bits per heavy atom. The van der Waals surface area contributed by atoms with E-state index in [-0.39, 0.29) is 19.8 Å². The molecule has 0 bridgehead atoms. The number of urea groups is 1. The number of hydrogen-bond acceptors (Lipinski definition) is 5. The second-order valence-corrected chi connectivity index (χ2v) is 7.87. The first-order valence-electron chi connectivity index (χ1n) is 9.65. The number of fused-ring (bicyclic) bond motifs is 1. The second-order valence-electron chi connectivity index (χ2n) is 7.87. The molecule has 4 amide bonds. The minimum absolute atomic E-state index is 0.162. The van der Waals surface area contributed by atoms with Crippen molar-refractivity contribution >= 4 is 23.5 Å². The molecule has 1 atom stereocenters. The van der Waals surface area contributed by atoms with Crippen LogP contribution in [0.4, 0.5) is 10.5 Å². The van der Waals surface area contributed by atoms with Crippen molar-refractivity contribution in [2.45, 2.75) is 32.7 Å². The molecule has 2 aromatic carbocycles. The molecule has 1 fully saturated rings. The summed E-state index contributed by atoms with van der Waals surface area (Å²) in [6.45, 7) is 5.39. The van der Waals surface area contributed by atoms with Gasteiger partial charge in [-0.25, -0.2) is 4.79 Å².